The molecule has 4 nitrogen and oxygen atoms in total. The summed E-state index contributed by atoms with van der Waals surface area (Å²) >= 11 is 7.10. The van der Waals surface area contributed by atoms with Gasteiger partial charge in [0.15, 0.2) is 5.82 Å². The van der Waals surface area contributed by atoms with E-state index >= 15 is 0 Å². The number of benzene rings is 2. The van der Waals surface area contributed by atoms with Crippen LogP contribution in [0.5, 0.6) is 0 Å². The van der Waals surface area contributed by atoms with E-state index < -0.39 is 0 Å². The highest BCUT2D eigenvalue weighted by Crippen LogP contribution is 2.48. The van der Waals surface area contributed by atoms with Crippen LogP contribution in [0.2, 0.25) is 5.02 Å². The van der Waals surface area contributed by atoms with Crippen molar-refractivity contribution in [3.8, 4) is 11.4 Å². The molecule has 1 N–H and O–H groups in total. The highest BCUT2D eigenvalue weighted by molar-refractivity contribution is 7.10. The number of hydrogen-bond donors (Lipinski definition) is 1. The lowest BCUT2D eigenvalue weighted by Crippen LogP contribution is -2.14. The van der Waals surface area contributed by atoms with Crippen molar-refractivity contribution in [2.45, 2.75) is 12.3 Å². The molecule has 2 aromatic carbocycles. The molecule has 1 heterocycles. The summed E-state index contributed by atoms with van der Waals surface area (Å²) in [7, 11) is 0. The zero-order valence-electron chi connectivity index (χ0n) is 12.9. The molecule has 2 atom stereocenters. The quantitative estimate of drug-likeness (QED) is 0.718. The third kappa shape index (κ3) is 3.55. The molecule has 126 valence electrons. The molecule has 1 amide bonds. The van der Waals surface area contributed by atoms with Gasteiger partial charge in [-0.3, -0.25) is 4.79 Å². The van der Waals surface area contributed by atoms with E-state index in [1.807, 2.05) is 18.2 Å². The molecule has 25 heavy (non-hydrogen) atoms. The first-order valence-corrected chi connectivity index (χ1v) is 8.91. The van der Waals surface area contributed by atoms with Crippen LogP contribution in [0.1, 0.15) is 17.9 Å². The van der Waals surface area contributed by atoms with Crippen LogP contribution in [0, 0.1) is 11.7 Å². The fourth-order valence-electron chi connectivity index (χ4n) is 2.81. The molecule has 0 unspecified atom stereocenters. The van der Waals surface area contributed by atoms with Gasteiger partial charge in [0.2, 0.25) is 11.0 Å². The largest absolute Gasteiger partial charge is 0.300 e. The van der Waals surface area contributed by atoms with Crippen molar-refractivity contribution >= 4 is 34.2 Å². The maximum absolute atomic E-state index is 13.3. The molecule has 0 aliphatic heterocycles. The van der Waals surface area contributed by atoms with Gasteiger partial charge in [-0.05, 0) is 42.2 Å². The molecule has 1 aliphatic rings. The third-order valence-electron chi connectivity index (χ3n) is 4.14. The van der Waals surface area contributed by atoms with E-state index in [1.54, 1.807) is 18.2 Å². The van der Waals surface area contributed by atoms with E-state index in [-0.39, 0.29) is 23.6 Å². The Bertz CT molecular complexity index is 945. The minimum Gasteiger partial charge on any atom is -0.300 e. The maximum atomic E-state index is 13.3. The Morgan fingerprint density at radius 3 is 2.88 bits per heavy atom. The van der Waals surface area contributed by atoms with Gasteiger partial charge in [0.05, 0.1) is 0 Å². The molecule has 0 spiro atoms. The van der Waals surface area contributed by atoms with Crippen molar-refractivity contribution in [2.24, 2.45) is 5.92 Å². The van der Waals surface area contributed by atoms with Crippen molar-refractivity contribution in [1.82, 2.24) is 9.36 Å². The van der Waals surface area contributed by atoms with Gasteiger partial charge >= 0.3 is 0 Å². The fourth-order valence-corrected chi connectivity index (χ4v) is 3.59. The van der Waals surface area contributed by atoms with Crippen LogP contribution < -0.4 is 5.32 Å². The number of carbonyl (C=O) groups is 1. The van der Waals surface area contributed by atoms with Gasteiger partial charge in [-0.25, -0.2) is 4.39 Å². The van der Waals surface area contributed by atoms with Gasteiger partial charge in [-0.2, -0.15) is 9.36 Å². The molecule has 1 aromatic heterocycles. The van der Waals surface area contributed by atoms with Crippen molar-refractivity contribution in [3.05, 3.63) is 64.9 Å². The molecule has 0 saturated heterocycles. The average Bonchev–Trinajstić information content (AvgIpc) is 3.27. The summed E-state index contributed by atoms with van der Waals surface area (Å²) in [5.74, 6) is 0.0542. The lowest BCUT2D eigenvalue weighted by Gasteiger charge is -2.01. The molecular weight excluding hydrogens is 361 g/mol. The Balaban J connectivity index is 1.42. The number of halogens is 2. The molecule has 1 aliphatic carbocycles. The molecule has 1 fully saturated rings. The number of amides is 1. The summed E-state index contributed by atoms with van der Waals surface area (Å²) in [6.07, 6.45) is 0.718. The van der Waals surface area contributed by atoms with Crippen molar-refractivity contribution < 1.29 is 9.18 Å². The highest BCUT2D eigenvalue weighted by Gasteiger charge is 2.44. The fraction of sp³-hybridized carbons (Fsp3) is 0.167. The number of carbonyl (C=O) groups excluding carboxylic acids is 1. The Labute approximate surface area is 152 Å². The monoisotopic (exact) mass is 373 g/mol. The van der Waals surface area contributed by atoms with E-state index in [4.69, 9.17) is 11.6 Å². The van der Waals surface area contributed by atoms with E-state index in [0.29, 0.717) is 16.0 Å². The molecule has 3 aromatic rings. The van der Waals surface area contributed by atoms with E-state index in [1.165, 1.54) is 12.1 Å². The lowest BCUT2D eigenvalue weighted by atomic mass is 10.1. The van der Waals surface area contributed by atoms with Gasteiger partial charge < -0.3 is 5.32 Å². The SMILES string of the molecule is O=C(Nc1nc(-c2cccc(Cl)c2)ns1)[C@H]1C[C@@H]1c1cccc(F)c1. The highest BCUT2D eigenvalue weighted by atomic mass is 35.5. The van der Waals surface area contributed by atoms with Crippen LogP contribution in [-0.4, -0.2) is 15.3 Å². The van der Waals surface area contributed by atoms with Crippen LogP contribution >= 0.6 is 23.1 Å². The van der Waals surface area contributed by atoms with Crippen molar-refractivity contribution in [3.63, 3.8) is 0 Å². The summed E-state index contributed by atoms with van der Waals surface area (Å²) in [6, 6.07) is 13.6. The Morgan fingerprint density at radius 1 is 1.24 bits per heavy atom. The average molecular weight is 374 g/mol. The number of hydrogen-bond acceptors (Lipinski definition) is 4. The minimum atomic E-state index is -0.279. The zero-order valence-corrected chi connectivity index (χ0v) is 14.5. The van der Waals surface area contributed by atoms with Crippen LogP contribution in [0.3, 0.4) is 0 Å². The Kier molecular flexibility index (Phi) is 4.23. The first kappa shape index (κ1) is 16.2. The van der Waals surface area contributed by atoms with Gasteiger partial charge in [0, 0.05) is 28.0 Å². The molecule has 0 radical (unpaired) electrons. The van der Waals surface area contributed by atoms with Gasteiger partial charge in [-0.15, -0.1) is 0 Å². The van der Waals surface area contributed by atoms with E-state index in [0.717, 1.165) is 29.1 Å². The van der Waals surface area contributed by atoms with Gasteiger partial charge in [0.1, 0.15) is 5.82 Å². The second-order valence-electron chi connectivity index (χ2n) is 5.93. The molecular formula is C18H13ClFN3OS. The standard InChI is InChI=1S/C18H13ClFN3OS/c19-12-5-1-4-11(7-12)16-21-18(25-23-16)22-17(24)15-9-14(15)10-3-2-6-13(20)8-10/h1-8,14-15H,9H2,(H,21,22,23,24)/t14-,15+/m1/s1. The first-order chi connectivity index (χ1) is 12.1. The summed E-state index contributed by atoms with van der Waals surface area (Å²) < 4.78 is 17.6. The molecule has 0 bridgehead atoms. The van der Waals surface area contributed by atoms with Crippen molar-refractivity contribution in [2.75, 3.05) is 5.32 Å². The van der Waals surface area contributed by atoms with Crippen LogP contribution in [-0.2, 0) is 4.79 Å². The number of nitrogens with zero attached hydrogens (tertiary/aromatic N) is 2. The molecule has 7 heteroatoms. The predicted molar refractivity (Wildman–Crippen MR) is 96.2 cm³/mol. The van der Waals surface area contributed by atoms with E-state index in [9.17, 15) is 9.18 Å². The second kappa shape index (κ2) is 6.54. The van der Waals surface area contributed by atoms with Crippen LogP contribution in [0.25, 0.3) is 11.4 Å². The predicted octanol–water partition coefficient (Wildman–Crippen LogP) is 4.74. The smallest absolute Gasteiger partial charge is 0.229 e. The maximum Gasteiger partial charge on any atom is 0.229 e. The van der Waals surface area contributed by atoms with E-state index in [2.05, 4.69) is 14.7 Å². The zero-order chi connectivity index (χ0) is 17.4. The first-order valence-electron chi connectivity index (χ1n) is 7.76. The number of anilines is 1. The summed E-state index contributed by atoms with van der Waals surface area (Å²) in [4.78, 5) is 16.7. The molecule has 1 saturated carbocycles. The van der Waals surface area contributed by atoms with Crippen molar-refractivity contribution in [1.29, 1.82) is 0 Å². The Hall–Kier alpha value is -2.31. The summed E-state index contributed by atoms with van der Waals surface area (Å²) in [6.45, 7) is 0. The Morgan fingerprint density at radius 2 is 2.08 bits per heavy atom. The second-order valence-corrected chi connectivity index (χ2v) is 7.11. The number of aromatic nitrogens is 2. The normalized spacial score (nSPS) is 18.8. The third-order valence-corrected chi connectivity index (χ3v) is 5.01. The summed E-state index contributed by atoms with van der Waals surface area (Å²) in [5, 5.41) is 3.86. The minimum absolute atomic E-state index is 0.0658. The number of nitrogens with one attached hydrogen (secondary N) is 1. The summed E-state index contributed by atoms with van der Waals surface area (Å²) in [5.41, 5.74) is 1.66. The van der Waals surface area contributed by atoms with Crippen LogP contribution in [0.4, 0.5) is 9.52 Å². The lowest BCUT2D eigenvalue weighted by molar-refractivity contribution is -0.117. The number of rotatable bonds is 4. The molecule has 4 rings (SSSR count). The van der Waals surface area contributed by atoms with Crippen LogP contribution in [0.15, 0.2) is 48.5 Å². The van der Waals surface area contributed by atoms with Gasteiger partial charge in [0.25, 0.3) is 0 Å². The van der Waals surface area contributed by atoms with Gasteiger partial charge in [-0.1, -0.05) is 35.9 Å². The topological polar surface area (TPSA) is 54.9 Å².